The van der Waals surface area contributed by atoms with Gasteiger partial charge >= 0.3 is 0 Å². The lowest BCUT2D eigenvalue weighted by molar-refractivity contribution is -0.113. The smallest absolute Gasteiger partial charge is 0.270 e. The molecule has 2 atom stereocenters. The van der Waals surface area contributed by atoms with Gasteiger partial charge in [0, 0.05) is 6.61 Å². The average molecular weight is 432 g/mol. The van der Waals surface area contributed by atoms with Crippen LogP contribution in [0.2, 0.25) is 0 Å². The van der Waals surface area contributed by atoms with E-state index in [2.05, 4.69) is 10.4 Å². The summed E-state index contributed by atoms with van der Waals surface area (Å²) in [7, 11) is 0. The monoisotopic (exact) mass is 431 g/mol. The van der Waals surface area contributed by atoms with E-state index in [0.29, 0.717) is 42.7 Å². The third-order valence-corrected chi connectivity index (χ3v) is 7.04. The Balaban J connectivity index is 1.58. The van der Waals surface area contributed by atoms with Gasteiger partial charge < -0.3 is 19.5 Å². The van der Waals surface area contributed by atoms with Crippen LogP contribution in [0.3, 0.4) is 0 Å². The summed E-state index contributed by atoms with van der Waals surface area (Å²) >= 11 is 1.45. The number of H-pyrrole nitrogens is 1. The Morgan fingerprint density at radius 2 is 1.93 bits per heavy atom. The number of fused-ring (bicyclic) bond motifs is 2. The van der Waals surface area contributed by atoms with E-state index < -0.39 is 0 Å². The maximum absolute atomic E-state index is 13.1. The number of nitrogens with one attached hydrogen (secondary N) is 2. The molecule has 1 amide bonds. The predicted octanol–water partition coefficient (Wildman–Crippen LogP) is 2.85. The summed E-state index contributed by atoms with van der Waals surface area (Å²) in [6, 6.07) is 5.78. The van der Waals surface area contributed by atoms with Gasteiger partial charge in [-0.1, -0.05) is 6.07 Å². The fourth-order valence-corrected chi connectivity index (χ4v) is 5.54. The number of carbonyl (C=O) groups excluding carboxylic acids is 1. The van der Waals surface area contributed by atoms with Crippen LogP contribution in [0.5, 0.6) is 11.5 Å². The van der Waals surface area contributed by atoms with Gasteiger partial charge in [0.15, 0.2) is 11.5 Å². The van der Waals surface area contributed by atoms with Gasteiger partial charge in [-0.25, -0.2) is 0 Å². The number of aromatic nitrogens is 2. The largest absolute Gasteiger partial charge is 0.486 e. The molecule has 3 aliphatic heterocycles. The Bertz CT molecular complexity index is 1040. The fraction of sp³-hybridized carbons (Fsp3) is 0.524. The van der Waals surface area contributed by atoms with E-state index in [9.17, 15) is 9.59 Å². The molecule has 9 heteroatoms. The molecule has 30 heavy (non-hydrogen) atoms. The van der Waals surface area contributed by atoms with E-state index in [0.717, 1.165) is 18.4 Å². The molecule has 160 valence electrons. The molecule has 8 nitrogen and oxygen atoms in total. The van der Waals surface area contributed by atoms with Gasteiger partial charge in [-0.05, 0) is 44.4 Å². The van der Waals surface area contributed by atoms with Crippen LogP contribution in [0.1, 0.15) is 49.1 Å². The summed E-state index contributed by atoms with van der Waals surface area (Å²) in [5.74, 6) is 2.10. The molecular weight excluding hydrogens is 406 g/mol. The van der Waals surface area contributed by atoms with Gasteiger partial charge in [-0.15, -0.1) is 11.8 Å². The summed E-state index contributed by atoms with van der Waals surface area (Å²) in [4.78, 5) is 25.6. The molecule has 0 saturated carbocycles. The molecule has 1 saturated heterocycles. The number of rotatable bonds is 2. The highest BCUT2D eigenvalue weighted by atomic mass is 32.2. The summed E-state index contributed by atoms with van der Waals surface area (Å²) in [5, 5.41) is 5.68. The van der Waals surface area contributed by atoms with Crippen LogP contribution in [-0.2, 0) is 9.53 Å². The van der Waals surface area contributed by atoms with E-state index in [1.165, 1.54) is 11.8 Å². The van der Waals surface area contributed by atoms with Gasteiger partial charge in [0.25, 0.3) is 5.56 Å². The summed E-state index contributed by atoms with van der Waals surface area (Å²) < 4.78 is 19.0. The van der Waals surface area contributed by atoms with Crippen LogP contribution < -0.4 is 20.3 Å². The van der Waals surface area contributed by atoms with Gasteiger partial charge in [0.2, 0.25) is 5.91 Å². The number of benzene rings is 1. The second-order valence-corrected chi connectivity index (χ2v) is 9.56. The first-order chi connectivity index (χ1) is 14.4. The highest BCUT2D eigenvalue weighted by molar-refractivity contribution is 8.00. The van der Waals surface area contributed by atoms with Crippen molar-refractivity contribution in [2.45, 2.75) is 43.6 Å². The number of ether oxygens (including phenoxy) is 3. The molecule has 0 spiro atoms. The average Bonchev–Trinajstić information content (AvgIpc) is 2.92. The van der Waals surface area contributed by atoms with Crippen molar-refractivity contribution >= 4 is 23.5 Å². The van der Waals surface area contributed by atoms with Crippen molar-refractivity contribution in [1.29, 1.82) is 0 Å². The van der Waals surface area contributed by atoms with E-state index in [1.807, 2.05) is 36.7 Å². The molecule has 2 aromatic rings. The molecule has 5 rings (SSSR count). The molecule has 1 fully saturated rings. The topological polar surface area (TPSA) is 94.6 Å². The van der Waals surface area contributed by atoms with E-state index in [4.69, 9.17) is 14.2 Å². The second kappa shape index (κ2) is 7.39. The zero-order valence-corrected chi connectivity index (χ0v) is 17.8. The standard InChI is InChI=1S/C21H25N3O5S/c1-21(2)10-13(5-6-29-21)24-19-17(20(26)23-24)18(30-11-16(25)22-19)12-3-4-14-15(9-12)28-8-7-27-14/h3-4,9,13,18H,5-8,10-11H2,1-2H3,(H,22,25)(H,23,26)/t13-,18-/m0/s1. The van der Waals surface area contributed by atoms with Crippen molar-refractivity contribution in [3.8, 4) is 11.5 Å². The summed E-state index contributed by atoms with van der Waals surface area (Å²) in [6.07, 6.45) is 1.53. The normalized spacial score (nSPS) is 25.2. The SMILES string of the molecule is CC1(C)C[C@@H](n2[nH]c(=O)c3c2NC(=O)CS[C@H]3c2ccc3c(c2)OCCO3)CCO1. The number of amides is 1. The molecular formula is C21H25N3O5S. The quantitative estimate of drug-likeness (QED) is 0.759. The van der Waals surface area contributed by atoms with Crippen molar-refractivity contribution < 1.29 is 19.0 Å². The second-order valence-electron chi connectivity index (χ2n) is 8.47. The lowest BCUT2D eigenvalue weighted by Crippen LogP contribution is -2.36. The minimum atomic E-state index is -0.285. The first kappa shape index (κ1) is 19.6. The third kappa shape index (κ3) is 3.50. The molecule has 2 N–H and O–H groups in total. The predicted molar refractivity (Wildman–Crippen MR) is 114 cm³/mol. The molecule has 1 aromatic carbocycles. The van der Waals surface area contributed by atoms with E-state index in [-0.39, 0.29) is 34.1 Å². The van der Waals surface area contributed by atoms with Crippen molar-refractivity contribution in [2.24, 2.45) is 0 Å². The van der Waals surface area contributed by atoms with Crippen LogP contribution in [0, 0.1) is 0 Å². The summed E-state index contributed by atoms with van der Waals surface area (Å²) in [5.41, 5.74) is 1.03. The fourth-order valence-electron chi connectivity index (χ4n) is 4.42. The van der Waals surface area contributed by atoms with E-state index >= 15 is 0 Å². The summed E-state index contributed by atoms with van der Waals surface area (Å²) in [6.45, 7) is 5.73. The third-order valence-electron chi connectivity index (χ3n) is 5.77. The lowest BCUT2D eigenvalue weighted by atomic mass is 9.94. The number of nitrogens with zero attached hydrogens (tertiary/aromatic N) is 1. The first-order valence-corrected chi connectivity index (χ1v) is 11.3. The van der Waals surface area contributed by atoms with Crippen molar-refractivity contribution in [3.63, 3.8) is 0 Å². The van der Waals surface area contributed by atoms with E-state index in [1.54, 1.807) is 0 Å². The molecule has 0 aliphatic carbocycles. The van der Waals surface area contributed by atoms with Crippen LogP contribution in [0.15, 0.2) is 23.0 Å². The number of hydrogen-bond acceptors (Lipinski definition) is 6. The van der Waals surface area contributed by atoms with Crippen molar-refractivity contribution in [3.05, 3.63) is 39.7 Å². The van der Waals surface area contributed by atoms with Crippen LogP contribution in [0.25, 0.3) is 0 Å². The van der Waals surface area contributed by atoms with Crippen molar-refractivity contribution in [1.82, 2.24) is 9.78 Å². The number of carbonyl (C=O) groups is 1. The number of anilines is 1. The number of hydrogen-bond donors (Lipinski definition) is 2. The number of aromatic amines is 1. The van der Waals surface area contributed by atoms with Gasteiger partial charge in [-0.2, -0.15) is 0 Å². The molecule has 0 unspecified atom stereocenters. The highest BCUT2D eigenvalue weighted by Crippen LogP contribution is 2.44. The van der Waals surface area contributed by atoms with Crippen LogP contribution in [-0.4, -0.2) is 46.9 Å². The van der Waals surface area contributed by atoms with Crippen LogP contribution >= 0.6 is 11.8 Å². The Kier molecular flexibility index (Phi) is 4.82. The highest BCUT2D eigenvalue weighted by Gasteiger charge is 2.36. The van der Waals surface area contributed by atoms with Gasteiger partial charge in [0.1, 0.15) is 19.0 Å². The molecule has 0 radical (unpaired) electrons. The van der Waals surface area contributed by atoms with Gasteiger partial charge in [-0.3, -0.25) is 19.4 Å². The zero-order chi connectivity index (χ0) is 20.9. The molecule has 4 heterocycles. The molecule has 1 aromatic heterocycles. The Labute approximate surface area is 178 Å². The first-order valence-electron chi connectivity index (χ1n) is 10.2. The minimum Gasteiger partial charge on any atom is -0.486 e. The Morgan fingerprint density at radius 3 is 2.73 bits per heavy atom. The molecule has 3 aliphatic rings. The molecule has 0 bridgehead atoms. The number of thioether (sulfide) groups is 1. The lowest BCUT2D eigenvalue weighted by Gasteiger charge is -2.36. The Morgan fingerprint density at radius 1 is 1.13 bits per heavy atom. The van der Waals surface area contributed by atoms with Gasteiger partial charge in [0.05, 0.1) is 28.2 Å². The van der Waals surface area contributed by atoms with Crippen LogP contribution in [0.4, 0.5) is 5.82 Å². The van der Waals surface area contributed by atoms with Crippen molar-refractivity contribution in [2.75, 3.05) is 30.9 Å². The maximum atomic E-state index is 13.1. The maximum Gasteiger partial charge on any atom is 0.270 e. The minimum absolute atomic E-state index is 0.0505. The zero-order valence-electron chi connectivity index (χ0n) is 17.0. The Hall–Kier alpha value is -2.39.